The Morgan fingerprint density at radius 1 is 1.09 bits per heavy atom. The summed E-state index contributed by atoms with van der Waals surface area (Å²) in [7, 11) is 0. The summed E-state index contributed by atoms with van der Waals surface area (Å²) in [6.07, 6.45) is -6.52. The van der Waals surface area contributed by atoms with Crippen LogP contribution in [0.25, 0.3) is 0 Å². The van der Waals surface area contributed by atoms with Crippen molar-refractivity contribution in [3.8, 4) is 11.5 Å². The van der Waals surface area contributed by atoms with Gasteiger partial charge >= 0.3 is 12.4 Å². The SMILES string of the molecule is O=C=CC(=C=O)N1CCCCC1CNC(=O)c1cc(OCC(F)(F)F)ccc1OCC(F)(F)F. The minimum atomic E-state index is -4.72. The number of nitrogens with zero attached hydrogens (tertiary/aromatic N) is 1. The molecule has 1 heterocycles. The number of halogens is 6. The molecular weight excluding hydrogens is 474 g/mol. The van der Waals surface area contributed by atoms with Crippen LogP contribution in [0.5, 0.6) is 11.5 Å². The lowest BCUT2D eigenvalue weighted by Crippen LogP contribution is -2.46. The van der Waals surface area contributed by atoms with Gasteiger partial charge in [-0.1, -0.05) is 0 Å². The summed E-state index contributed by atoms with van der Waals surface area (Å²) < 4.78 is 84.2. The summed E-state index contributed by atoms with van der Waals surface area (Å²) in [4.78, 5) is 36.1. The molecule has 1 unspecified atom stereocenters. The third kappa shape index (κ3) is 8.49. The van der Waals surface area contributed by atoms with Crippen LogP contribution in [-0.4, -0.2) is 67.4 Å². The van der Waals surface area contributed by atoms with E-state index in [0.717, 1.165) is 30.7 Å². The van der Waals surface area contributed by atoms with E-state index in [1.807, 2.05) is 0 Å². The Bertz CT molecular complexity index is 965. The van der Waals surface area contributed by atoms with Crippen molar-refractivity contribution in [2.45, 2.75) is 37.7 Å². The number of hydrogen-bond acceptors (Lipinski definition) is 6. The standard InChI is InChI=1S/C21H20F6N2O5/c22-20(23,24)12-33-16-4-5-18(34-13-21(25,26)27)17(9-16)19(32)28-10-14-3-1-2-7-29(14)15(11-31)6-8-30/h4-6,9,14H,1-3,7,10,12-13H2,(H,28,32). The van der Waals surface area contributed by atoms with Gasteiger partial charge in [0.1, 0.15) is 23.1 Å². The maximum atomic E-state index is 12.7. The maximum Gasteiger partial charge on any atom is 0.422 e. The highest BCUT2D eigenvalue weighted by Crippen LogP contribution is 2.28. The lowest BCUT2D eigenvalue weighted by molar-refractivity contribution is -0.154. The summed E-state index contributed by atoms with van der Waals surface area (Å²) >= 11 is 0. The fourth-order valence-electron chi connectivity index (χ4n) is 3.29. The van der Waals surface area contributed by atoms with Crippen molar-refractivity contribution in [1.82, 2.24) is 10.2 Å². The average Bonchev–Trinajstić information content (AvgIpc) is 2.77. The van der Waals surface area contributed by atoms with Crippen LogP contribution in [0.2, 0.25) is 0 Å². The highest BCUT2D eigenvalue weighted by atomic mass is 19.4. The molecule has 0 bridgehead atoms. The molecule has 0 saturated carbocycles. The van der Waals surface area contributed by atoms with E-state index in [2.05, 4.69) is 14.8 Å². The number of alkyl halides is 6. The van der Waals surface area contributed by atoms with Crippen molar-refractivity contribution in [3.05, 3.63) is 35.5 Å². The van der Waals surface area contributed by atoms with Gasteiger partial charge < -0.3 is 19.7 Å². The predicted octanol–water partition coefficient (Wildman–Crippen LogP) is 3.26. The minimum Gasteiger partial charge on any atom is -0.484 e. The number of likely N-dealkylation sites (tertiary alicyclic amines) is 1. The smallest absolute Gasteiger partial charge is 0.422 e. The summed E-state index contributed by atoms with van der Waals surface area (Å²) in [5.74, 6) is 1.27. The average molecular weight is 494 g/mol. The third-order valence-electron chi connectivity index (χ3n) is 4.72. The Hall–Kier alpha value is -3.43. The van der Waals surface area contributed by atoms with E-state index in [1.165, 1.54) is 5.94 Å². The minimum absolute atomic E-state index is 0.0642. The molecule has 34 heavy (non-hydrogen) atoms. The second kappa shape index (κ2) is 11.6. The van der Waals surface area contributed by atoms with Crippen LogP contribution in [0.4, 0.5) is 26.3 Å². The van der Waals surface area contributed by atoms with Gasteiger partial charge in [-0.3, -0.25) is 4.79 Å². The Labute approximate surface area is 190 Å². The Morgan fingerprint density at radius 3 is 2.38 bits per heavy atom. The van der Waals surface area contributed by atoms with E-state index in [-0.39, 0.29) is 12.2 Å². The summed E-state index contributed by atoms with van der Waals surface area (Å²) in [6, 6.07) is 2.26. The number of hydrogen-bond donors (Lipinski definition) is 1. The third-order valence-corrected chi connectivity index (χ3v) is 4.72. The van der Waals surface area contributed by atoms with Crippen LogP contribution in [0.15, 0.2) is 30.0 Å². The zero-order chi connectivity index (χ0) is 25.4. The number of benzene rings is 1. The van der Waals surface area contributed by atoms with Gasteiger partial charge in [-0.15, -0.1) is 0 Å². The largest absolute Gasteiger partial charge is 0.484 e. The zero-order valence-electron chi connectivity index (χ0n) is 17.6. The molecular formula is C21H20F6N2O5. The quantitative estimate of drug-likeness (QED) is 0.322. The van der Waals surface area contributed by atoms with Crippen LogP contribution in [0, 0.1) is 0 Å². The summed E-state index contributed by atoms with van der Waals surface area (Å²) in [6.45, 7) is -3.08. The first kappa shape index (κ1) is 26.8. The highest BCUT2D eigenvalue weighted by Gasteiger charge is 2.31. The monoisotopic (exact) mass is 494 g/mol. The van der Waals surface area contributed by atoms with E-state index in [9.17, 15) is 40.7 Å². The highest BCUT2D eigenvalue weighted by molar-refractivity contribution is 5.97. The fourth-order valence-corrected chi connectivity index (χ4v) is 3.29. The van der Waals surface area contributed by atoms with Crippen molar-refractivity contribution >= 4 is 17.8 Å². The number of carbonyl (C=O) groups is 1. The van der Waals surface area contributed by atoms with Gasteiger partial charge in [-0.05, 0) is 37.5 Å². The molecule has 0 spiro atoms. The van der Waals surface area contributed by atoms with Crippen molar-refractivity contribution in [1.29, 1.82) is 0 Å². The van der Waals surface area contributed by atoms with Gasteiger partial charge in [-0.2, -0.15) is 26.3 Å². The molecule has 2 rings (SSSR count). The molecule has 7 nitrogen and oxygen atoms in total. The molecule has 1 amide bonds. The molecule has 1 saturated heterocycles. The fraction of sp³-hybridized carbons (Fsp3) is 0.476. The molecule has 0 aliphatic carbocycles. The first-order valence-electron chi connectivity index (χ1n) is 9.97. The molecule has 1 N–H and O–H groups in total. The number of allylic oxidation sites excluding steroid dienone is 1. The molecule has 1 aromatic carbocycles. The molecule has 13 heteroatoms. The van der Waals surface area contributed by atoms with Gasteiger partial charge in [0.2, 0.25) is 0 Å². The molecule has 1 fully saturated rings. The number of nitrogens with one attached hydrogen (secondary N) is 1. The van der Waals surface area contributed by atoms with Gasteiger partial charge in [0.25, 0.3) is 5.91 Å². The van der Waals surface area contributed by atoms with E-state index < -0.39 is 54.6 Å². The van der Waals surface area contributed by atoms with E-state index in [1.54, 1.807) is 10.8 Å². The number of amides is 1. The zero-order valence-corrected chi connectivity index (χ0v) is 17.6. The van der Waals surface area contributed by atoms with Crippen molar-refractivity contribution in [2.75, 3.05) is 26.3 Å². The van der Waals surface area contributed by atoms with Crippen LogP contribution >= 0.6 is 0 Å². The second-order valence-corrected chi connectivity index (χ2v) is 7.27. The van der Waals surface area contributed by atoms with E-state index in [4.69, 9.17) is 0 Å². The molecule has 1 aliphatic heterocycles. The lowest BCUT2D eigenvalue weighted by atomic mass is 10.0. The molecule has 186 valence electrons. The second-order valence-electron chi connectivity index (χ2n) is 7.27. The number of carbonyl (C=O) groups excluding carboxylic acids is 3. The van der Waals surface area contributed by atoms with Gasteiger partial charge in [0.05, 0.1) is 11.6 Å². The van der Waals surface area contributed by atoms with E-state index in [0.29, 0.717) is 19.4 Å². The molecule has 0 aromatic heterocycles. The molecule has 1 aliphatic rings. The maximum absolute atomic E-state index is 12.7. The van der Waals surface area contributed by atoms with Gasteiger partial charge in [0.15, 0.2) is 19.2 Å². The number of ether oxygens (including phenoxy) is 2. The summed E-state index contributed by atoms with van der Waals surface area (Å²) in [5, 5.41) is 2.48. The Morgan fingerprint density at radius 2 is 1.76 bits per heavy atom. The van der Waals surface area contributed by atoms with Crippen LogP contribution in [0.3, 0.4) is 0 Å². The van der Waals surface area contributed by atoms with Crippen LogP contribution < -0.4 is 14.8 Å². The van der Waals surface area contributed by atoms with Gasteiger partial charge in [0, 0.05) is 19.1 Å². The summed E-state index contributed by atoms with van der Waals surface area (Å²) in [5.41, 5.74) is -0.532. The Balaban J connectivity index is 2.21. The number of piperidine rings is 1. The van der Waals surface area contributed by atoms with Crippen molar-refractivity contribution < 1.29 is 50.2 Å². The molecule has 1 atom stereocenters. The first-order valence-corrected chi connectivity index (χ1v) is 9.97. The van der Waals surface area contributed by atoms with Crippen molar-refractivity contribution in [2.24, 2.45) is 0 Å². The van der Waals surface area contributed by atoms with Gasteiger partial charge in [-0.25, -0.2) is 9.59 Å². The van der Waals surface area contributed by atoms with E-state index >= 15 is 0 Å². The van der Waals surface area contributed by atoms with Crippen molar-refractivity contribution in [3.63, 3.8) is 0 Å². The van der Waals surface area contributed by atoms with Crippen LogP contribution in [-0.2, 0) is 9.59 Å². The Kier molecular flexibility index (Phi) is 9.17. The lowest BCUT2D eigenvalue weighted by Gasteiger charge is -2.36. The molecule has 0 radical (unpaired) electrons. The first-order chi connectivity index (χ1) is 15.9. The van der Waals surface area contributed by atoms with Crippen LogP contribution in [0.1, 0.15) is 29.6 Å². The molecule has 1 aromatic rings. The predicted molar refractivity (Wildman–Crippen MR) is 106 cm³/mol. The topological polar surface area (TPSA) is 84.9 Å². The normalized spacial score (nSPS) is 16.2. The number of rotatable bonds is 9.